The molecule has 0 saturated carbocycles. The maximum absolute atomic E-state index is 12.4. The van der Waals surface area contributed by atoms with Crippen LogP contribution in [0, 0.1) is 11.3 Å². The normalized spacial score (nSPS) is 18.4. The zero-order chi connectivity index (χ0) is 19.5. The van der Waals surface area contributed by atoms with Crippen molar-refractivity contribution in [3.05, 3.63) is 24.3 Å². The Kier molecular flexibility index (Phi) is 5.83. The number of ether oxygens (including phenoxy) is 1. The first-order valence-electron chi connectivity index (χ1n) is 8.42. The van der Waals surface area contributed by atoms with Gasteiger partial charge in [-0.05, 0) is 37.1 Å². The molecule has 1 aliphatic rings. The molecule has 1 saturated heterocycles. The van der Waals surface area contributed by atoms with Crippen LogP contribution in [0.1, 0.15) is 33.6 Å². The summed E-state index contributed by atoms with van der Waals surface area (Å²) in [6.07, 6.45) is -3.36. The van der Waals surface area contributed by atoms with Crippen LogP contribution in [-0.4, -0.2) is 36.2 Å². The molecule has 2 rings (SSSR count). The van der Waals surface area contributed by atoms with Gasteiger partial charge in [0, 0.05) is 24.2 Å². The van der Waals surface area contributed by atoms with E-state index < -0.39 is 11.8 Å². The first-order valence-corrected chi connectivity index (χ1v) is 8.42. The number of halogens is 3. The molecule has 0 aliphatic carbocycles. The zero-order valence-corrected chi connectivity index (χ0v) is 15.0. The van der Waals surface area contributed by atoms with Crippen LogP contribution in [-0.2, 0) is 9.59 Å². The molecule has 0 radical (unpaired) electrons. The summed E-state index contributed by atoms with van der Waals surface area (Å²) in [5, 5.41) is 2.69. The SMILES string of the molecule is CC(C)(C)C(=O)N1CCCC(C(=O)Nc2ccc(OC(F)(F)F)cc2)C1. The van der Waals surface area contributed by atoms with Gasteiger partial charge in [0.05, 0.1) is 5.92 Å². The number of alkyl halides is 3. The first kappa shape index (κ1) is 20.1. The molecular formula is C18H23F3N2O3. The predicted molar refractivity (Wildman–Crippen MR) is 90.5 cm³/mol. The second-order valence-corrected chi connectivity index (χ2v) is 7.40. The van der Waals surface area contributed by atoms with E-state index in [1.807, 2.05) is 20.8 Å². The van der Waals surface area contributed by atoms with Gasteiger partial charge in [0.2, 0.25) is 11.8 Å². The molecule has 0 aromatic heterocycles. The summed E-state index contributed by atoms with van der Waals surface area (Å²) in [5.41, 5.74) is -0.129. The van der Waals surface area contributed by atoms with Gasteiger partial charge >= 0.3 is 6.36 Å². The number of nitrogens with zero attached hydrogens (tertiary/aromatic N) is 1. The maximum atomic E-state index is 12.4. The van der Waals surface area contributed by atoms with Crippen molar-refractivity contribution in [1.82, 2.24) is 4.90 Å². The Balaban J connectivity index is 1.96. The van der Waals surface area contributed by atoms with Crippen molar-refractivity contribution in [3.8, 4) is 5.75 Å². The van der Waals surface area contributed by atoms with E-state index in [1.54, 1.807) is 4.90 Å². The molecule has 26 heavy (non-hydrogen) atoms. The maximum Gasteiger partial charge on any atom is 0.573 e. The van der Waals surface area contributed by atoms with Gasteiger partial charge in [0.25, 0.3) is 0 Å². The highest BCUT2D eigenvalue weighted by molar-refractivity contribution is 5.93. The molecule has 8 heteroatoms. The van der Waals surface area contributed by atoms with Crippen molar-refractivity contribution in [3.63, 3.8) is 0 Å². The van der Waals surface area contributed by atoms with E-state index in [0.717, 1.165) is 18.6 Å². The molecule has 1 fully saturated rings. The fraction of sp³-hybridized carbons (Fsp3) is 0.556. The summed E-state index contributed by atoms with van der Waals surface area (Å²) in [6, 6.07) is 4.97. The number of nitrogens with one attached hydrogen (secondary N) is 1. The molecule has 1 aliphatic heterocycles. The Morgan fingerprint density at radius 3 is 2.31 bits per heavy atom. The van der Waals surface area contributed by atoms with Crippen LogP contribution in [0.4, 0.5) is 18.9 Å². The van der Waals surface area contributed by atoms with Crippen molar-refractivity contribution in [1.29, 1.82) is 0 Å². The zero-order valence-electron chi connectivity index (χ0n) is 15.0. The lowest BCUT2D eigenvalue weighted by Crippen LogP contribution is -2.47. The molecule has 1 N–H and O–H groups in total. The van der Waals surface area contributed by atoms with Crippen molar-refractivity contribution in [2.24, 2.45) is 11.3 Å². The number of anilines is 1. The molecule has 1 aromatic carbocycles. The van der Waals surface area contributed by atoms with Gasteiger partial charge in [0.1, 0.15) is 5.75 Å². The molecule has 0 spiro atoms. The number of carbonyl (C=O) groups excluding carboxylic acids is 2. The van der Waals surface area contributed by atoms with E-state index in [-0.39, 0.29) is 23.5 Å². The van der Waals surface area contributed by atoms with Crippen molar-refractivity contribution < 1.29 is 27.5 Å². The Hall–Kier alpha value is -2.25. The van der Waals surface area contributed by atoms with Crippen molar-refractivity contribution >= 4 is 17.5 Å². The van der Waals surface area contributed by atoms with Gasteiger partial charge in [-0.25, -0.2) is 0 Å². The van der Waals surface area contributed by atoms with Gasteiger partial charge in [-0.15, -0.1) is 13.2 Å². The number of hydrogen-bond acceptors (Lipinski definition) is 3. The first-order chi connectivity index (χ1) is 12.0. The fourth-order valence-corrected chi connectivity index (χ4v) is 2.83. The summed E-state index contributed by atoms with van der Waals surface area (Å²) in [6.45, 7) is 6.48. The number of piperidine rings is 1. The fourth-order valence-electron chi connectivity index (χ4n) is 2.83. The lowest BCUT2D eigenvalue weighted by molar-refractivity contribution is -0.274. The molecule has 1 heterocycles. The topological polar surface area (TPSA) is 58.6 Å². The van der Waals surface area contributed by atoms with E-state index in [1.165, 1.54) is 12.1 Å². The molecule has 1 aromatic rings. The standard InChI is InChI=1S/C18H23F3N2O3/c1-17(2,3)16(25)23-10-4-5-12(11-23)15(24)22-13-6-8-14(9-7-13)26-18(19,20)21/h6-9,12H,4-5,10-11H2,1-3H3,(H,22,24). The summed E-state index contributed by atoms with van der Waals surface area (Å²) in [5.74, 6) is -0.944. The Bertz CT molecular complexity index is 651. The molecule has 2 amide bonds. The van der Waals surface area contributed by atoms with E-state index in [9.17, 15) is 22.8 Å². The quantitative estimate of drug-likeness (QED) is 0.878. The second-order valence-electron chi connectivity index (χ2n) is 7.40. The lowest BCUT2D eigenvalue weighted by atomic mass is 9.91. The van der Waals surface area contributed by atoms with Gasteiger partial charge < -0.3 is 15.0 Å². The Morgan fingerprint density at radius 1 is 1.15 bits per heavy atom. The van der Waals surface area contributed by atoms with Crippen LogP contribution < -0.4 is 10.1 Å². The average Bonchev–Trinajstić information content (AvgIpc) is 2.54. The highest BCUT2D eigenvalue weighted by Crippen LogP contribution is 2.26. The van der Waals surface area contributed by atoms with Gasteiger partial charge in [0.15, 0.2) is 0 Å². The highest BCUT2D eigenvalue weighted by atomic mass is 19.4. The van der Waals surface area contributed by atoms with E-state index >= 15 is 0 Å². The van der Waals surface area contributed by atoms with E-state index in [4.69, 9.17) is 0 Å². The van der Waals surface area contributed by atoms with Crippen molar-refractivity contribution in [2.75, 3.05) is 18.4 Å². The number of hydrogen-bond donors (Lipinski definition) is 1. The number of rotatable bonds is 3. The number of benzene rings is 1. The number of carbonyl (C=O) groups is 2. The van der Waals surface area contributed by atoms with Gasteiger partial charge in [-0.1, -0.05) is 20.8 Å². The number of likely N-dealkylation sites (tertiary alicyclic amines) is 1. The van der Waals surface area contributed by atoms with E-state index in [0.29, 0.717) is 25.2 Å². The molecule has 1 unspecified atom stereocenters. The van der Waals surface area contributed by atoms with Crippen LogP contribution in [0.5, 0.6) is 5.75 Å². The summed E-state index contributed by atoms with van der Waals surface area (Å²) >= 11 is 0. The highest BCUT2D eigenvalue weighted by Gasteiger charge is 2.33. The predicted octanol–water partition coefficient (Wildman–Crippen LogP) is 3.81. The number of amides is 2. The summed E-state index contributed by atoms with van der Waals surface area (Å²) < 4.78 is 40.3. The molecular weight excluding hydrogens is 349 g/mol. The lowest BCUT2D eigenvalue weighted by Gasteiger charge is -2.35. The molecule has 0 bridgehead atoms. The average molecular weight is 372 g/mol. The molecule has 144 valence electrons. The van der Waals surface area contributed by atoms with Crippen LogP contribution in [0.3, 0.4) is 0 Å². The van der Waals surface area contributed by atoms with Gasteiger partial charge in [-0.3, -0.25) is 9.59 Å². The third-order valence-electron chi connectivity index (χ3n) is 4.08. The van der Waals surface area contributed by atoms with Crippen LogP contribution in [0.15, 0.2) is 24.3 Å². The molecule has 5 nitrogen and oxygen atoms in total. The minimum absolute atomic E-state index is 0.00338. The Labute approximate surface area is 150 Å². The van der Waals surface area contributed by atoms with Crippen LogP contribution in [0.2, 0.25) is 0 Å². The third-order valence-corrected chi connectivity index (χ3v) is 4.08. The van der Waals surface area contributed by atoms with E-state index in [2.05, 4.69) is 10.1 Å². The van der Waals surface area contributed by atoms with Crippen molar-refractivity contribution in [2.45, 2.75) is 40.0 Å². The van der Waals surface area contributed by atoms with Crippen LogP contribution >= 0.6 is 0 Å². The minimum Gasteiger partial charge on any atom is -0.406 e. The van der Waals surface area contributed by atoms with Gasteiger partial charge in [-0.2, -0.15) is 0 Å². The smallest absolute Gasteiger partial charge is 0.406 e. The largest absolute Gasteiger partial charge is 0.573 e. The monoisotopic (exact) mass is 372 g/mol. The minimum atomic E-state index is -4.75. The Morgan fingerprint density at radius 2 is 1.77 bits per heavy atom. The third kappa shape index (κ3) is 5.64. The molecule has 1 atom stereocenters. The van der Waals surface area contributed by atoms with Crippen LogP contribution in [0.25, 0.3) is 0 Å². The summed E-state index contributed by atoms with van der Waals surface area (Å²) in [7, 11) is 0. The second kappa shape index (κ2) is 7.55. The summed E-state index contributed by atoms with van der Waals surface area (Å²) in [4.78, 5) is 26.5.